The Morgan fingerprint density at radius 2 is 1.88 bits per heavy atom. The van der Waals surface area contributed by atoms with Gasteiger partial charge in [-0.2, -0.15) is 5.26 Å². The van der Waals surface area contributed by atoms with Crippen molar-refractivity contribution in [3.63, 3.8) is 0 Å². The Hall–Kier alpha value is -2.34. The van der Waals surface area contributed by atoms with Crippen molar-refractivity contribution < 1.29 is 4.74 Å². The molecule has 0 spiro atoms. The fourth-order valence-corrected chi connectivity index (χ4v) is 1.39. The summed E-state index contributed by atoms with van der Waals surface area (Å²) in [6, 6.07) is 13.3. The maximum Gasteiger partial charge on any atom is 0.118 e. The lowest BCUT2D eigenvalue weighted by Gasteiger charge is -2.02. The Morgan fingerprint density at radius 1 is 1.12 bits per heavy atom. The molecule has 0 aliphatic heterocycles. The molecule has 16 heavy (non-hydrogen) atoms. The predicted molar refractivity (Wildman–Crippen MR) is 60.9 cm³/mol. The van der Waals surface area contributed by atoms with Gasteiger partial charge in [0.05, 0.1) is 18.4 Å². The zero-order valence-corrected chi connectivity index (χ0v) is 8.84. The highest BCUT2D eigenvalue weighted by Crippen LogP contribution is 2.20. The molecule has 2 aromatic rings. The lowest BCUT2D eigenvalue weighted by molar-refractivity contribution is 0.415. The lowest BCUT2D eigenvalue weighted by atomic mass is 10.1. The highest BCUT2D eigenvalue weighted by Gasteiger charge is 1.99. The number of nitriles is 1. The molecule has 0 aliphatic carbocycles. The fourth-order valence-electron chi connectivity index (χ4n) is 1.39. The summed E-state index contributed by atoms with van der Waals surface area (Å²) in [5.74, 6) is 0.817. The van der Waals surface area contributed by atoms with Crippen LogP contribution in [-0.2, 0) is 0 Å². The third kappa shape index (κ3) is 2.01. The third-order valence-corrected chi connectivity index (χ3v) is 2.28. The normalized spacial score (nSPS) is 9.50. The van der Waals surface area contributed by atoms with E-state index in [-0.39, 0.29) is 0 Å². The summed E-state index contributed by atoms with van der Waals surface area (Å²) < 4.78 is 5.08. The van der Waals surface area contributed by atoms with E-state index in [0.717, 1.165) is 17.0 Å². The third-order valence-electron chi connectivity index (χ3n) is 2.28. The smallest absolute Gasteiger partial charge is 0.118 e. The zero-order valence-electron chi connectivity index (χ0n) is 8.84. The molecule has 0 radical (unpaired) electrons. The zero-order chi connectivity index (χ0) is 11.4. The van der Waals surface area contributed by atoms with Crippen LogP contribution < -0.4 is 4.74 Å². The Morgan fingerprint density at radius 3 is 2.38 bits per heavy atom. The monoisotopic (exact) mass is 210 g/mol. The van der Waals surface area contributed by atoms with Gasteiger partial charge in [0.2, 0.25) is 0 Å². The average Bonchev–Trinajstić information content (AvgIpc) is 2.39. The first-order chi connectivity index (χ1) is 7.83. The molecule has 0 saturated carbocycles. The second-order valence-corrected chi connectivity index (χ2v) is 3.27. The van der Waals surface area contributed by atoms with Crippen molar-refractivity contribution >= 4 is 0 Å². The molecule has 1 aromatic heterocycles. The van der Waals surface area contributed by atoms with Crippen molar-refractivity contribution in [3.05, 3.63) is 48.2 Å². The molecule has 3 nitrogen and oxygen atoms in total. The second kappa shape index (κ2) is 4.45. The van der Waals surface area contributed by atoms with Crippen molar-refractivity contribution in [2.75, 3.05) is 7.11 Å². The molecule has 0 N–H and O–H groups in total. The number of methoxy groups -OCH3 is 1. The van der Waals surface area contributed by atoms with E-state index in [2.05, 4.69) is 4.98 Å². The molecule has 0 atom stereocenters. The van der Waals surface area contributed by atoms with Crippen molar-refractivity contribution in [3.8, 4) is 23.1 Å². The van der Waals surface area contributed by atoms with Crippen LogP contribution in [0, 0.1) is 11.3 Å². The van der Waals surface area contributed by atoms with E-state index in [4.69, 9.17) is 10.00 Å². The quantitative estimate of drug-likeness (QED) is 0.765. The van der Waals surface area contributed by atoms with Crippen LogP contribution >= 0.6 is 0 Å². The highest BCUT2D eigenvalue weighted by atomic mass is 16.5. The van der Waals surface area contributed by atoms with E-state index in [0.29, 0.717) is 5.56 Å². The summed E-state index contributed by atoms with van der Waals surface area (Å²) in [7, 11) is 1.63. The van der Waals surface area contributed by atoms with Crippen LogP contribution in [0.15, 0.2) is 42.6 Å². The van der Waals surface area contributed by atoms with Gasteiger partial charge in [-0.1, -0.05) is 0 Å². The van der Waals surface area contributed by atoms with Crippen molar-refractivity contribution in [1.82, 2.24) is 4.98 Å². The van der Waals surface area contributed by atoms with E-state index >= 15 is 0 Å². The topological polar surface area (TPSA) is 45.9 Å². The van der Waals surface area contributed by atoms with Crippen molar-refractivity contribution in [2.45, 2.75) is 0 Å². The molecular weight excluding hydrogens is 200 g/mol. The molecule has 2 rings (SSSR count). The Bertz CT molecular complexity index is 509. The molecule has 3 heteroatoms. The molecule has 0 amide bonds. The Balaban J connectivity index is 2.32. The van der Waals surface area contributed by atoms with Crippen LogP contribution in [0.3, 0.4) is 0 Å². The number of aromatic nitrogens is 1. The molecule has 1 heterocycles. The first kappa shape index (κ1) is 10.2. The van der Waals surface area contributed by atoms with E-state index in [1.165, 1.54) is 0 Å². The van der Waals surface area contributed by atoms with Gasteiger partial charge in [0.25, 0.3) is 0 Å². The summed E-state index contributed by atoms with van der Waals surface area (Å²) >= 11 is 0. The minimum atomic E-state index is 0.567. The number of hydrogen-bond acceptors (Lipinski definition) is 3. The van der Waals surface area contributed by atoms with Gasteiger partial charge in [-0.3, -0.25) is 4.98 Å². The lowest BCUT2D eigenvalue weighted by Crippen LogP contribution is -1.86. The van der Waals surface area contributed by atoms with Gasteiger partial charge in [0.1, 0.15) is 11.8 Å². The number of pyridine rings is 1. The van der Waals surface area contributed by atoms with Gasteiger partial charge < -0.3 is 4.74 Å². The Kier molecular flexibility index (Phi) is 2.84. The number of ether oxygens (including phenoxy) is 1. The van der Waals surface area contributed by atoms with Crippen LogP contribution in [0.1, 0.15) is 5.56 Å². The second-order valence-electron chi connectivity index (χ2n) is 3.27. The highest BCUT2D eigenvalue weighted by molar-refractivity contribution is 5.60. The van der Waals surface area contributed by atoms with Crippen LogP contribution in [0.4, 0.5) is 0 Å². The van der Waals surface area contributed by atoms with Gasteiger partial charge in [-0.25, -0.2) is 0 Å². The minimum absolute atomic E-state index is 0.567. The number of hydrogen-bond donors (Lipinski definition) is 0. The Labute approximate surface area is 93.9 Å². The molecule has 0 saturated heterocycles. The fraction of sp³-hybridized carbons (Fsp3) is 0.0769. The van der Waals surface area contributed by atoms with Gasteiger partial charge in [-0.15, -0.1) is 0 Å². The van der Waals surface area contributed by atoms with Gasteiger partial charge in [0.15, 0.2) is 0 Å². The predicted octanol–water partition coefficient (Wildman–Crippen LogP) is 2.63. The van der Waals surface area contributed by atoms with E-state index in [1.807, 2.05) is 36.4 Å². The molecule has 0 fully saturated rings. The van der Waals surface area contributed by atoms with Crippen LogP contribution in [0.5, 0.6) is 5.75 Å². The molecule has 0 bridgehead atoms. The number of benzene rings is 1. The molecular formula is C13H10N2O. The van der Waals surface area contributed by atoms with E-state index < -0.39 is 0 Å². The first-order valence-corrected chi connectivity index (χ1v) is 4.84. The maximum atomic E-state index is 8.66. The first-order valence-electron chi connectivity index (χ1n) is 4.84. The molecule has 0 unspecified atom stereocenters. The van der Waals surface area contributed by atoms with Gasteiger partial charge in [-0.05, 0) is 36.4 Å². The SMILES string of the molecule is COc1ccc(-c2ccc(C#N)cn2)cc1. The van der Waals surface area contributed by atoms with Crippen LogP contribution in [-0.4, -0.2) is 12.1 Å². The van der Waals surface area contributed by atoms with Crippen LogP contribution in [0.2, 0.25) is 0 Å². The van der Waals surface area contributed by atoms with Gasteiger partial charge in [0, 0.05) is 11.8 Å². The standard InChI is InChI=1S/C13H10N2O/c1-16-12-5-3-11(4-6-12)13-7-2-10(8-14)9-15-13/h2-7,9H,1H3. The van der Waals surface area contributed by atoms with E-state index in [9.17, 15) is 0 Å². The van der Waals surface area contributed by atoms with Crippen LogP contribution in [0.25, 0.3) is 11.3 Å². The number of nitrogens with zero attached hydrogens (tertiary/aromatic N) is 2. The molecule has 0 aliphatic rings. The average molecular weight is 210 g/mol. The van der Waals surface area contributed by atoms with Crippen molar-refractivity contribution in [2.24, 2.45) is 0 Å². The van der Waals surface area contributed by atoms with Crippen molar-refractivity contribution in [1.29, 1.82) is 5.26 Å². The summed E-state index contributed by atoms with van der Waals surface area (Å²) in [5, 5.41) is 8.66. The summed E-state index contributed by atoms with van der Waals surface area (Å²) in [4.78, 5) is 4.21. The summed E-state index contributed by atoms with van der Waals surface area (Å²) in [6.45, 7) is 0. The number of rotatable bonds is 2. The molecule has 1 aromatic carbocycles. The van der Waals surface area contributed by atoms with Gasteiger partial charge >= 0.3 is 0 Å². The van der Waals surface area contributed by atoms with E-state index in [1.54, 1.807) is 19.4 Å². The summed E-state index contributed by atoms with van der Waals surface area (Å²) in [5.41, 5.74) is 2.42. The maximum absolute atomic E-state index is 8.66. The largest absolute Gasteiger partial charge is 0.497 e. The minimum Gasteiger partial charge on any atom is -0.497 e. The summed E-state index contributed by atoms with van der Waals surface area (Å²) in [6.07, 6.45) is 1.57. The molecule has 78 valence electrons.